The van der Waals surface area contributed by atoms with Crippen LogP contribution in [0.25, 0.3) is 11.1 Å². The predicted molar refractivity (Wildman–Crippen MR) is 161 cm³/mol. The summed E-state index contributed by atoms with van der Waals surface area (Å²) >= 11 is 0. The zero-order valence-electron chi connectivity index (χ0n) is 23.7. The molecule has 0 aromatic heterocycles. The van der Waals surface area contributed by atoms with E-state index in [2.05, 4.69) is 16.7 Å². The third kappa shape index (κ3) is 6.35. The summed E-state index contributed by atoms with van der Waals surface area (Å²) in [6.45, 7) is 4.92. The first-order valence-corrected chi connectivity index (χ1v) is 13.1. The minimum Gasteiger partial charge on any atom is -0.496 e. The van der Waals surface area contributed by atoms with E-state index in [1.54, 1.807) is 51.1 Å². The Morgan fingerprint density at radius 3 is 2.37 bits per heavy atom. The number of nitrogens with zero attached hydrogens (tertiary/aromatic N) is 3. The molecular formula is C31H34ClN5O4. The monoisotopic (exact) mass is 575 g/mol. The summed E-state index contributed by atoms with van der Waals surface area (Å²) in [6, 6.07) is 20.3. The number of hydrogen-bond acceptors (Lipinski definition) is 6. The number of methoxy groups -OCH3 is 1. The third-order valence-electron chi connectivity index (χ3n) is 7.26. The van der Waals surface area contributed by atoms with E-state index < -0.39 is 18.1 Å². The van der Waals surface area contributed by atoms with Crippen molar-refractivity contribution in [2.75, 3.05) is 24.0 Å². The number of fused-ring (bicyclic) bond motifs is 1. The number of nitriles is 1. The molecule has 1 aliphatic rings. The molecule has 3 amide bonds. The molecule has 0 saturated carbocycles. The largest absolute Gasteiger partial charge is 0.496 e. The summed E-state index contributed by atoms with van der Waals surface area (Å²) in [6.07, 6.45) is 0. The Labute approximate surface area is 246 Å². The number of anilines is 2. The highest BCUT2D eigenvalue weighted by atomic mass is 35.5. The quantitative estimate of drug-likeness (QED) is 0.439. The molecule has 1 heterocycles. The molecule has 1 aliphatic heterocycles. The standard InChI is InChI=1S/C31H33N5O4.ClH/c1-19(33-4)30(38)34-29-20(2)36(21(3)37)27-15-22(17-32)11-13-26(27)35(31(29)39)18-25-16-24(12-14-28(25)40-5)23-9-7-6-8-10-23;/h6-16,19-20,29,33H,18H2,1-5H3,(H,34,38);1H/t19-,20-,29-;/m0./s1. The zero-order chi connectivity index (χ0) is 29.0. The smallest absolute Gasteiger partial charge is 0.252 e. The Morgan fingerprint density at radius 1 is 1.05 bits per heavy atom. The molecule has 3 aromatic rings. The number of carbonyl (C=O) groups is 3. The molecule has 0 fully saturated rings. The van der Waals surface area contributed by atoms with E-state index >= 15 is 0 Å². The van der Waals surface area contributed by atoms with E-state index in [1.807, 2.05) is 48.5 Å². The molecule has 41 heavy (non-hydrogen) atoms. The summed E-state index contributed by atoms with van der Waals surface area (Å²) in [5.41, 5.74) is 3.92. The lowest BCUT2D eigenvalue weighted by Crippen LogP contribution is -2.59. The number of hydrogen-bond donors (Lipinski definition) is 2. The minimum absolute atomic E-state index is 0. The van der Waals surface area contributed by atoms with Crippen LogP contribution in [-0.4, -0.2) is 50.0 Å². The zero-order valence-corrected chi connectivity index (χ0v) is 24.5. The van der Waals surface area contributed by atoms with Crippen molar-refractivity contribution in [3.8, 4) is 22.9 Å². The van der Waals surface area contributed by atoms with Crippen LogP contribution < -0.4 is 25.2 Å². The van der Waals surface area contributed by atoms with Gasteiger partial charge in [-0.3, -0.25) is 14.4 Å². The fraction of sp³-hybridized carbons (Fsp3) is 0.290. The van der Waals surface area contributed by atoms with Gasteiger partial charge in [0.25, 0.3) is 5.91 Å². The van der Waals surface area contributed by atoms with Gasteiger partial charge in [0.1, 0.15) is 11.8 Å². The van der Waals surface area contributed by atoms with Crippen molar-refractivity contribution in [1.29, 1.82) is 5.26 Å². The van der Waals surface area contributed by atoms with Crippen LogP contribution in [0.5, 0.6) is 5.75 Å². The van der Waals surface area contributed by atoms with Crippen LogP contribution >= 0.6 is 12.4 Å². The number of benzene rings is 3. The van der Waals surface area contributed by atoms with Gasteiger partial charge >= 0.3 is 0 Å². The van der Waals surface area contributed by atoms with Crippen LogP contribution in [0.2, 0.25) is 0 Å². The molecule has 0 radical (unpaired) electrons. The lowest BCUT2D eigenvalue weighted by molar-refractivity contribution is -0.129. The number of halogens is 1. The predicted octanol–water partition coefficient (Wildman–Crippen LogP) is 4.04. The van der Waals surface area contributed by atoms with Crippen molar-refractivity contribution in [3.05, 3.63) is 77.9 Å². The highest BCUT2D eigenvalue weighted by Gasteiger charge is 2.42. The highest BCUT2D eigenvalue weighted by Crippen LogP contribution is 2.38. The maximum Gasteiger partial charge on any atom is 0.252 e. The molecule has 0 unspecified atom stereocenters. The van der Waals surface area contributed by atoms with Gasteiger partial charge in [0.05, 0.1) is 48.7 Å². The van der Waals surface area contributed by atoms with E-state index in [1.165, 1.54) is 11.8 Å². The average molecular weight is 576 g/mol. The maximum absolute atomic E-state index is 14.3. The van der Waals surface area contributed by atoms with Gasteiger partial charge in [0, 0.05) is 12.5 Å². The van der Waals surface area contributed by atoms with Crippen molar-refractivity contribution in [3.63, 3.8) is 0 Å². The Balaban J connectivity index is 0.00000462. The summed E-state index contributed by atoms with van der Waals surface area (Å²) in [5.74, 6) is -0.481. The van der Waals surface area contributed by atoms with Gasteiger partial charge in [-0.15, -0.1) is 12.4 Å². The molecule has 214 valence electrons. The average Bonchev–Trinajstić information content (AvgIpc) is 3.05. The number of carbonyl (C=O) groups excluding carboxylic acids is 3. The van der Waals surface area contributed by atoms with Crippen LogP contribution in [0.3, 0.4) is 0 Å². The molecule has 0 aliphatic carbocycles. The highest BCUT2D eigenvalue weighted by molar-refractivity contribution is 6.08. The number of rotatable bonds is 7. The van der Waals surface area contributed by atoms with Crippen molar-refractivity contribution < 1.29 is 19.1 Å². The van der Waals surface area contributed by atoms with Crippen molar-refractivity contribution in [2.45, 2.75) is 45.4 Å². The van der Waals surface area contributed by atoms with E-state index in [0.29, 0.717) is 22.7 Å². The number of nitrogens with one attached hydrogen (secondary N) is 2. The van der Waals surface area contributed by atoms with Gasteiger partial charge in [0.15, 0.2) is 0 Å². The van der Waals surface area contributed by atoms with Gasteiger partial charge in [-0.25, -0.2) is 0 Å². The lowest BCUT2D eigenvalue weighted by Gasteiger charge is -2.32. The van der Waals surface area contributed by atoms with Crippen LogP contribution in [-0.2, 0) is 20.9 Å². The van der Waals surface area contributed by atoms with E-state index in [0.717, 1.165) is 16.7 Å². The molecule has 4 rings (SSSR count). The fourth-order valence-electron chi connectivity index (χ4n) is 4.97. The molecule has 0 spiro atoms. The van der Waals surface area contributed by atoms with Crippen molar-refractivity contribution in [1.82, 2.24) is 10.6 Å². The Bertz CT molecular complexity index is 1470. The van der Waals surface area contributed by atoms with E-state index in [-0.39, 0.29) is 36.7 Å². The molecule has 0 bridgehead atoms. The number of likely N-dealkylation sites (N-methyl/N-ethyl adjacent to an activating group) is 1. The van der Waals surface area contributed by atoms with Crippen LogP contribution in [0, 0.1) is 11.3 Å². The normalized spacial score (nSPS) is 16.9. The third-order valence-corrected chi connectivity index (χ3v) is 7.26. The first-order valence-electron chi connectivity index (χ1n) is 13.1. The van der Waals surface area contributed by atoms with E-state index in [9.17, 15) is 19.6 Å². The maximum atomic E-state index is 14.3. The second-order valence-corrected chi connectivity index (χ2v) is 9.76. The Hall–Kier alpha value is -4.39. The molecular weight excluding hydrogens is 542 g/mol. The van der Waals surface area contributed by atoms with Crippen LogP contribution in [0.4, 0.5) is 11.4 Å². The van der Waals surface area contributed by atoms with Crippen molar-refractivity contribution in [2.24, 2.45) is 0 Å². The van der Waals surface area contributed by atoms with Gasteiger partial charge in [0.2, 0.25) is 11.8 Å². The van der Waals surface area contributed by atoms with Gasteiger partial charge in [-0.2, -0.15) is 5.26 Å². The molecule has 10 heteroatoms. The van der Waals surface area contributed by atoms with Crippen molar-refractivity contribution >= 4 is 41.5 Å². The summed E-state index contributed by atoms with van der Waals surface area (Å²) in [7, 11) is 3.22. The molecule has 3 atom stereocenters. The molecule has 3 aromatic carbocycles. The number of ether oxygens (including phenoxy) is 1. The van der Waals surface area contributed by atoms with Gasteiger partial charge < -0.3 is 25.2 Å². The summed E-state index contributed by atoms with van der Waals surface area (Å²) < 4.78 is 5.66. The minimum atomic E-state index is -1.05. The number of amides is 3. The molecule has 0 saturated heterocycles. The van der Waals surface area contributed by atoms with Gasteiger partial charge in [-0.1, -0.05) is 36.4 Å². The summed E-state index contributed by atoms with van der Waals surface area (Å²) in [5, 5.41) is 15.3. The Morgan fingerprint density at radius 2 is 1.76 bits per heavy atom. The Kier molecular flexibility index (Phi) is 10.1. The SMILES string of the molecule is CN[C@@H](C)C(=O)N[C@@H]1C(=O)N(Cc2cc(-c3ccccc3)ccc2OC)c2ccc(C#N)cc2N(C(C)=O)[C@H]1C.Cl. The second kappa shape index (κ2) is 13.3. The molecule has 9 nitrogen and oxygen atoms in total. The topological polar surface area (TPSA) is 115 Å². The lowest BCUT2D eigenvalue weighted by atomic mass is 10.0. The second-order valence-electron chi connectivity index (χ2n) is 9.76. The van der Waals surface area contributed by atoms with E-state index in [4.69, 9.17) is 4.74 Å². The first kappa shape index (κ1) is 31.1. The first-order chi connectivity index (χ1) is 19.2. The summed E-state index contributed by atoms with van der Waals surface area (Å²) in [4.78, 5) is 43.3. The molecule has 2 N–H and O–H groups in total. The van der Waals surface area contributed by atoms with Crippen LogP contribution in [0.15, 0.2) is 66.7 Å². The van der Waals surface area contributed by atoms with Gasteiger partial charge in [-0.05, 0) is 62.4 Å². The van der Waals surface area contributed by atoms with Crippen LogP contribution in [0.1, 0.15) is 31.9 Å². The fourth-order valence-corrected chi connectivity index (χ4v) is 4.97.